The van der Waals surface area contributed by atoms with Crippen molar-refractivity contribution >= 4 is 106 Å². The summed E-state index contributed by atoms with van der Waals surface area (Å²) in [6, 6.07) is 64.5. The summed E-state index contributed by atoms with van der Waals surface area (Å²) in [5.41, 5.74) is 22.0. The van der Waals surface area contributed by atoms with E-state index < -0.39 is 0 Å². The van der Waals surface area contributed by atoms with Gasteiger partial charge < -0.3 is 23.5 Å². The van der Waals surface area contributed by atoms with Gasteiger partial charge in [-0.1, -0.05) is 127 Å². The molecule has 328 valence electrons. The number of furan rings is 2. The van der Waals surface area contributed by atoms with Crippen LogP contribution in [0.2, 0.25) is 0 Å². The summed E-state index contributed by atoms with van der Waals surface area (Å²) < 4.78 is 13.6. The molecule has 9 aromatic carbocycles. The van der Waals surface area contributed by atoms with E-state index in [9.17, 15) is 0 Å². The smallest absolute Gasteiger partial charge is 0.159 e. The molecule has 0 saturated heterocycles. The molecule has 2 atom stereocenters. The van der Waals surface area contributed by atoms with Gasteiger partial charge in [-0.05, 0) is 144 Å². The van der Waals surface area contributed by atoms with Crippen LogP contribution in [-0.4, -0.2) is 6.04 Å². The Kier molecular flexibility index (Phi) is 8.09. The van der Waals surface area contributed by atoms with Crippen LogP contribution in [0.25, 0.3) is 66.3 Å². The van der Waals surface area contributed by atoms with Crippen molar-refractivity contribution < 1.29 is 8.83 Å². The number of hydrogen-bond donors (Lipinski definition) is 0. The molecule has 0 spiro atoms. The SMILES string of the molecule is Cc1cccc2c1oc1c(N(C3=Cc4cc5c(cc4CC3)C3C=CC=C4c6cc7ccc(N(c8ccccc8)c8cccc9c8oc8c(C)cccc89)cc7cc6N5C43)c3ccccc3)cccc12. The summed E-state index contributed by atoms with van der Waals surface area (Å²) in [5.74, 6) is 0.276. The van der Waals surface area contributed by atoms with Crippen LogP contribution in [0.3, 0.4) is 0 Å². The van der Waals surface area contributed by atoms with Crippen LogP contribution in [0, 0.1) is 13.8 Å². The van der Waals surface area contributed by atoms with Crippen molar-refractivity contribution in [2.45, 2.75) is 38.6 Å². The molecule has 2 aromatic heterocycles. The number of nitrogens with zero attached hydrogens (tertiary/aromatic N) is 3. The van der Waals surface area contributed by atoms with Gasteiger partial charge in [0.25, 0.3) is 0 Å². The van der Waals surface area contributed by atoms with Gasteiger partial charge in [0.15, 0.2) is 11.2 Å². The number of hydrogen-bond acceptors (Lipinski definition) is 5. The van der Waals surface area contributed by atoms with Gasteiger partial charge in [-0.3, -0.25) is 0 Å². The molecule has 4 aliphatic rings. The Bertz CT molecular complexity index is 4080. The normalized spacial score (nSPS) is 16.5. The van der Waals surface area contributed by atoms with Crippen molar-refractivity contribution in [3.05, 3.63) is 233 Å². The first-order valence-electron chi connectivity index (χ1n) is 24.2. The third kappa shape index (κ3) is 5.59. The molecule has 2 aliphatic carbocycles. The molecule has 0 fully saturated rings. The van der Waals surface area contributed by atoms with E-state index in [0.717, 1.165) is 96.3 Å². The number of aryl methyl sites for hydroxylation is 3. The maximum absolute atomic E-state index is 6.79. The molecule has 0 saturated carbocycles. The molecule has 0 N–H and O–H groups in total. The molecule has 11 aromatic rings. The second kappa shape index (κ2) is 14.5. The lowest BCUT2D eigenvalue weighted by Gasteiger charge is -2.31. The summed E-state index contributed by atoms with van der Waals surface area (Å²) in [4.78, 5) is 7.44. The van der Waals surface area contributed by atoms with E-state index in [1.165, 1.54) is 55.7 Å². The van der Waals surface area contributed by atoms with Gasteiger partial charge >= 0.3 is 0 Å². The lowest BCUT2D eigenvalue weighted by Crippen LogP contribution is -2.26. The molecule has 15 rings (SSSR count). The fourth-order valence-corrected chi connectivity index (χ4v) is 12.2. The molecular weight excluding hydrogens is 843 g/mol. The van der Waals surface area contributed by atoms with E-state index in [1.807, 2.05) is 0 Å². The molecule has 0 radical (unpaired) electrons. The third-order valence-corrected chi connectivity index (χ3v) is 15.4. The minimum absolute atomic E-state index is 0.216. The van der Waals surface area contributed by atoms with Crippen molar-refractivity contribution in [3.63, 3.8) is 0 Å². The zero-order valence-electron chi connectivity index (χ0n) is 38.3. The van der Waals surface area contributed by atoms with Gasteiger partial charge in [0, 0.05) is 61.5 Å². The van der Waals surface area contributed by atoms with Crippen LogP contribution in [-0.2, 0) is 6.42 Å². The molecule has 5 heteroatoms. The van der Waals surface area contributed by atoms with Crippen LogP contribution in [0.15, 0.2) is 209 Å². The van der Waals surface area contributed by atoms with E-state index in [2.05, 4.69) is 229 Å². The molecule has 0 bridgehead atoms. The monoisotopic (exact) mass is 887 g/mol. The zero-order valence-corrected chi connectivity index (χ0v) is 38.3. The van der Waals surface area contributed by atoms with Gasteiger partial charge in [0.2, 0.25) is 0 Å². The summed E-state index contributed by atoms with van der Waals surface area (Å²) in [5, 5.41) is 6.98. The van der Waals surface area contributed by atoms with Crippen LogP contribution in [0.5, 0.6) is 0 Å². The lowest BCUT2D eigenvalue weighted by atomic mass is 9.83. The van der Waals surface area contributed by atoms with Crippen LogP contribution in [0.1, 0.15) is 45.7 Å². The maximum atomic E-state index is 6.79. The molecular formula is C64H45N3O2. The van der Waals surface area contributed by atoms with Gasteiger partial charge in [-0.15, -0.1) is 0 Å². The number of fused-ring (bicyclic) bond motifs is 14. The highest BCUT2D eigenvalue weighted by atomic mass is 16.3. The number of rotatable bonds is 6. The second-order valence-electron chi connectivity index (χ2n) is 19.3. The van der Waals surface area contributed by atoms with Crippen LogP contribution >= 0.6 is 0 Å². The summed E-state index contributed by atoms with van der Waals surface area (Å²) >= 11 is 0. The first-order chi connectivity index (χ1) is 34.0. The number of anilines is 7. The Morgan fingerprint density at radius 1 is 0.507 bits per heavy atom. The van der Waals surface area contributed by atoms with Crippen LogP contribution in [0.4, 0.5) is 39.8 Å². The Labute approximate surface area is 399 Å². The predicted octanol–water partition coefficient (Wildman–Crippen LogP) is 17.4. The highest BCUT2D eigenvalue weighted by Crippen LogP contribution is 2.59. The standard InChI is InChI=1S/C64H45N3O2/c1-38-14-9-22-50-52-24-12-26-56(63(52)68-61(38)50)65(44-16-5-3-6-17-44)46-30-28-40-34-54-48-20-11-21-49-55-35-41-29-31-47(33-43(41)37-59(55)67(60(48)49)58(54)36-42(40)32-46)66(45-18-7-4-8-19-45)57-27-13-25-53-51-23-10-15-39(2)62(51)69-64(53)57/h3-28,30,32-37,49,60H,29,31H2,1-2H3. The summed E-state index contributed by atoms with van der Waals surface area (Å²) in [6.45, 7) is 4.26. The number of allylic oxidation sites excluding steroid dienone is 3. The topological polar surface area (TPSA) is 36.0 Å². The fraction of sp³-hybridized carbons (Fsp3) is 0.0938. The number of benzene rings is 9. The third-order valence-electron chi connectivity index (χ3n) is 15.4. The van der Waals surface area contributed by atoms with E-state index >= 15 is 0 Å². The first-order valence-corrected chi connectivity index (χ1v) is 24.2. The average molecular weight is 888 g/mol. The Morgan fingerprint density at radius 3 is 1.81 bits per heavy atom. The van der Waals surface area contributed by atoms with Gasteiger partial charge in [-0.2, -0.15) is 0 Å². The van der Waals surface area contributed by atoms with Crippen molar-refractivity contribution in [3.8, 4) is 0 Å². The average Bonchev–Trinajstić information content (AvgIpc) is 4.15. The van der Waals surface area contributed by atoms with E-state index in [4.69, 9.17) is 8.83 Å². The minimum atomic E-state index is 0.216. The van der Waals surface area contributed by atoms with E-state index in [1.54, 1.807) is 0 Å². The van der Waals surface area contributed by atoms with Gasteiger partial charge in [0.1, 0.15) is 11.2 Å². The molecule has 69 heavy (non-hydrogen) atoms. The zero-order chi connectivity index (χ0) is 45.5. The first kappa shape index (κ1) is 38.6. The van der Waals surface area contributed by atoms with Crippen molar-refractivity contribution in [2.75, 3.05) is 14.7 Å². The van der Waals surface area contributed by atoms with E-state index in [-0.39, 0.29) is 12.0 Å². The van der Waals surface area contributed by atoms with Crippen molar-refractivity contribution in [2.24, 2.45) is 0 Å². The Hall–Kier alpha value is -8.54. The van der Waals surface area contributed by atoms with Crippen LogP contribution < -0.4 is 14.7 Å². The number of para-hydroxylation sites is 6. The fourth-order valence-electron chi connectivity index (χ4n) is 12.2. The largest absolute Gasteiger partial charge is 0.454 e. The molecule has 5 nitrogen and oxygen atoms in total. The Balaban J connectivity index is 0.868. The minimum Gasteiger partial charge on any atom is -0.454 e. The van der Waals surface area contributed by atoms with Gasteiger partial charge in [-0.25, -0.2) is 0 Å². The highest BCUT2D eigenvalue weighted by Gasteiger charge is 2.47. The summed E-state index contributed by atoms with van der Waals surface area (Å²) in [7, 11) is 0. The van der Waals surface area contributed by atoms with Gasteiger partial charge in [0.05, 0.1) is 23.1 Å². The Morgan fingerprint density at radius 2 is 1.13 bits per heavy atom. The molecule has 4 heterocycles. The van der Waals surface area contributed by atoms with Crippen molar-refractivity contribution in [1.82, 2.24) is 0 Å². The summed E-state index contributed by atoms with van der Waals surface area (Å²) in [6.07, 6.45) is 11.4. The molecule has 2 aliphatic heterocycles. The van der Waals surface area contributed by atoms with E-state index in [0.29, 0.717) is 0 Å². The molecule has 0 amide bonds. The second-order valence-corrected chi connectivity index (χ2v) is 19.3. The highest BCUT2D eigenvalue weighted by molar-refractivity contribution is 6.13. The predicted molar refractivity (Wildman–Crippen MR) is 286 cm³/mol. The molecule has 2 unspecified atom stereocenters. The van der Waals surface area contributed by atoms with Crippen molar-refractivity contribution in [1.29, 1.82) is 0 Å². The quantitative estimate of drug-likeness (QED) is 0.166. The lowest BCUT2D eigenvalue weighted by molar-refractivity contribution is 0.665. The maximum Gasteiger partial charge on any atom is 0.159 e.